The fourth-order valence-corrected chi connectivity index (χ4v) is 1.52. The number of hydrogen-bond acceptors (Lipinski definition) is 2. The van der Waals surface area contributed by atoms with E-state index in [1.807, 2.05) is 13.1 Å². The van der Waals surface area contributed by atoms with Gasteiger partial charge in [-0.05, 0) is 37.1 Å². The molecule has 2 N–H and O–H groups in total. The molecule has 0 heterocycles. The Hall–Kier alpha value is -1.02. The van der Waals surface area contributed by atoms with Gasteiger partial charge in [0.1, 0.15) is 5.75 Å². The maximum atomic E-state index is 9.61. The topological polar surface area (TPSA) is 32.3 Å². The molecule has 2 nitrogen and oxygen atoms in total. The molecule has 0 atom stereocenters. The van der Waals surface area contributed by atoms with Crippen molar-refractivity contribution >= 4 is 0 Å². The fraction of sp³-hybridized carbons (Fsp3) is 0.500. The maximum absolute atomic E-state index is 9.61. The largest absolute Gasteiger partial charge is 0.508 e. The normalized spacial score (nSPS) is 10.4. The summed E-state index contributed by atoms with van der Waals surface area (Å²) >= 11 is 0. The lowest BCUT2D eigenvalue weighted by molar-refractivity contribution is 0.466. The van der Waals surface area contributed by atoms with Crippen molar-refractivity contribution in [2.24, 2.45) is 0 Å². The predicted molar refractivity (Wildman–Crippen MR) is 59.5 cm³/mol. The molecule has 0 radical (unpaired) electrons. The number of hydrogen-bond donors (Lipinski definition) is 2. The second kappa shape index (κ2) is 5.66. The van der Waals surface area contributed by atoms with E-state index in [2.05, 4.69) is 18.3 Å². The molecule has 0 fully saturated rings. The molecular formula is C12H19NO. The molecule has 0 saturated carbocycles. The van der Waals surface area contributed by atoms with Crippen LogP contribution in [-0.2, 0) is 13.0 Å². The first-order chi connectivity index (χ1) is 6.77. The molecule has 14 heavy (non-hydrogen) atoms. The summed E-state index contributed by atoms with van der Waals surface area (Å²) in [4.78, 5) is 0. The molecule has 1 rings (SSSR count). The van der Waals surface area contributed by atoms with Crippen molar-refractivity contribution < 1.29 is 5.11 Å². The Morgan fingerprint density at radius 2 is 2.14 bits per heavy atom. The van der Waals surface area contributed by atoms with E-state index in [1.54, 1.807) is 6.07 Å². The summed E-state index contributed by atoms with van der Waals surface area (Å²) in [5.74, 6) is 0.429. The molecule has 0 bridgehead atoms. The first kappa shape index (κ1) is 11.1. The number of rotatable bonds is 5. The highest BCUT2D eigenvalue weighted by molar-refractivity contribution is 5.36. The number of benzene rings is 1. The molecule has 0 aromatic heterocycles. The minimum Gasteiger partial charge on any atom is -0.508 e. The van der Waals surface area contributed by atoms with Crippen molar-refractivity contribution in [3.8, 4) is 5.75 Å². The van der Waals surface area contributed by atoms with Gasteiger partial charge in [0, 0.05) is 6.54 Å². The van der Waals surface area contributed by atoms with Crippen LogP contribution >= 0.6 is 0 Å². The van der Waals surface area contributed by atoms with Crippen molar-refractivity contribution in [3.05, 3.63) is 29.3 Å². The summed E-state index contributed by atoms with van der Waals surface area (Å²) in [7, 11) is 1.93. The Balaban J connectivity index is 2.74. The number of aromatic hydroxyl groups is 1. The molecule has 0 aliphatic heterocycles. The molecular weight excluding hydrogens is 174 g/mol. The molecule has 2 heteroatoms. The summed E-state index contributed by atoms with van der Waals surface area (Å²) in [5.41, 5.74) is 2.30. The van der Waals surface area contributed by atoms with Crippen LogP contribution in [0.1, 0.15) is 30.9 Å². The highest BCUT2D eigenvalue weighted by Gasteiger charge is 2.01. The summed E-state index contributed by atoms with van der Waals surface area (Å²) in [6, 6.07) is 5.83. The molecule has 0 aliphatic carbocycles. The average Bonchev–Trinajstić information content (AvgIpc) is 2.19. The van der Waals surface area contributed by atoms with Crippen LogP contribution in [0.2, 0.25) is 0 Å². The Morgan fingerprint density at radius 1 is 1.36 bits per heavy atom. The van der Waals surface area contributed by atoms with Gasteiger partial charge in [0.15, 0.2) is 0 Å². The average molecular weight is 193 g/mol. The zero-order valence-corrected chi connectivity index (χ0v) is 9.01. The SMILES string of the molecule is CCCCc1cc(CNC)ccc1O. The number of aryl methyl sites for hydroxylation is 1. The molecule has 0 saturated heterocycles. The third-order valence-corrected chi connectivity index (χ3v) is 2.32. The number of phenolic OH excluding ortho intramolecular Hbond substituents is 1. The lowest BCUT2D eigenvalue weighted by atomic mass is 10.0. The Kier molecular flexibility index (Phi) is 4.47. The van der Waals surface area contributed by atoms with Crippen LogP contribution in [0.25, 0.3) is 0 Å². The van der Waals surface area contributed by atoms with E-state index in [9.17, 15) is 5.11 Å². The van der Waals surface area contributed by atoms with Crippen LogP contribution in [0.4, 0.5) is 0 Å². The molecule has 0 spiro atoms. The Morgan fingerprint density at radius 3 is 2.79 bits per heavy atom. The number of phenols is 1. The smallest absolute Gasteiger partial charge is 0.118 e. The van der Waals surface area contributed by atoms with Crippen molar-refractivity contribution in [2.45, 2.75) is 32.7 Å². The van der Waals surface area contributed by atoms with E-state index in [1.165, 1.54) is 5.56 Å². The highest BCUT2D eigenvalue weighted by atomic mass is 16.3. The Labute approximate surface area is 86.0 Å². The third kappa shape index (κ3) is 3.04. The van der Waals surface area contributed by atoms with E-state index < -0.39 is 0 Å². The lowest BCUT2D eigenvalue weighted by Gasteiger charge is -2.06. The van der Waals surface area contributed by atoms with E-state index in [-0.39, 0.29) is 0 Å². The van der Waals surface area contributed by atoms with Gasteiger partial charge < -0.3 is 10.4 Å². The fourth-order valence-electron chi connectivity index (χ4n) is 1.52. The number of nitrogens with one attached hydrogen (secondary N) is 1. The van der Waals surface area contributed by atoms with Gasteiger partial charge in [0.05, 0.1) is 0 Å². The Bertz CT molecular complexity index is 284. The second-order valence-corrected chi connectivity index (χ2v) is 3.60. The van der Waals surface area contributed by atoms with E-state index in [0.29, 0.717) is 5.75 Å². The van der Waals surface area contributed by atoms with Crippen LogP contribution in [0.5, 0.6) is 5.75 Å². The second-order valence-electron chi connectivity index (χ2n) is 3.60. The molecule has 1 aromatic carbocycles. The number of unbranched alkanes of at least 4 members (excludes halogenated alkanes) is 1. The highest BCUT2D eigenvalue weighted by Crippen LogP contribution is 2.20. The van der Waals surface area contributed by atoms with Crippen LogP contribution in [0, 0.1) is 0 Å². The van der Waals surface area contributed by atoms with Gasteiger partial charge in [0.25, 0.3) is 0 Å². The first-order valence-electron chi connectivity index (χ1n) is 5.23. The minimum atomic E-state index is 0.429. The minimum absolute atomic E-state index is 0.429. The van der Waals surface area contributed by atoms with Crippen LogP contribution in [0.15, 0.2) is 18.2 Å². The van der Waals surface area contributed by atoms with Gasteiger partial charge in [-0.15, -0.1) is 0 Å². The molecule has 0 amide bonds. The van der Waals surface area contributed by atoms with E-state index >= 15 is 0 Å². The van der Waals surface area contributed by atoms with Crippen molar-refractivity contribution in [3.63, 3.8) is 0 Å². The van der Waals surface area contributed by atoms with Crippen molar-refractivity contribution in [2.75, 3.05) is 7.05 Å². The lowest BCUT2D eigenvalue weighted by Crippen LogP contribution is -2.05. The first-order valence-corrected chi connectivity index (χ1v) is 5.23. The van der Waals surface area contributed by atoms with Gasteiger partial charge in [0.2, 0.25) is 0 Å². The molecule has 78 valence electrons. The quantitative estimate of drug-likeness (QED) is 0.753. The van der Waals surface area contributed by atoms with Crippen LogP contribution in [-0.4, -0.2) is 12.2 Å². The summed E-state index contributed by atoms with van der Waals surface area (Å²) in [6.07, 6.45) is 3.27. The molecule has 1 aromatic rings. The summed E-state index contributed by atoms with van der Waals surface area (Å²) in [6.45, 7) is 3.02. The van der Waals surface area contributed by atoms with Gasteiger partial charge >= 0.3 is 0 Å². The van der Waals surface area contributed by atoms with Gasteiger partial charge in [-0.25, -0.2) is 0 Å². The summed E-state index contributed by atoms with van der Waals surface area (Å²) in [5, 5.41) is 12.7. The predicted octanol–water partition coefficient (Wildman–Crippen LogP) is 2.45. The van der Waals surface area contributed by atoms with E-state index in [0.717, 1.165) is 31.4 Å². The van der Waals surface area contributed by atoms with Gasteiger partial charge in [-0.2, -0.15) is 0 Å². The molecule has 0 unspecified atom stereocenters. The van der Waals surface area contributed by atoms with Crippen LogP contribution < -0.4 is 5.32 Å². The maximum Gasteiger partial charge on any atom is 0.118 e. The monoisotopic (exact) mass is 193 g/mol. The van der Waals surface area contributed by atoms with Gasteiger partial charge in [-0.1, -0.05) is 25.5 Å². The third-order valence-electron chi connectivity index (χ3n) is 2.32. The summed E-state index contributed by atoms with van der Waals surface area (Å²) < 4.78 is 0. The van der Waals surface area contributed by atoms with Crippen molar-refractivity contribution in [1.29, 1.82) is 0 Å². The van der Waals surface area contributed by atoms with Gasteiger partial charge in [-0.3, -0.25) is 0 Å². The standard InChI is InChI=1S/C12H19NO/c1-3-4-5-11-8-10(9-13-2)6-7-12(11)14/h6-8,13-14H,3-5,9H2,1-2H3. The van der Waals surface area contributed by atoms with Crippen molar-refractivity contribution in [1.82, 2.24) is 5.32 Å². The van der Waals surface area contributed by atoms with Crippen LogP contribution in [0.3, 0.4) is 0 Å². The zero-order valence-electron chi connectivity index (χ0n) is 9.01. The molecule has 0 aliphatic rings. The zero-order chi connectivity index (χ0) is 10.4. The van der Waals surface area contributed by atoms with E-state index in [4.69, 9.17) is 0 Å².